The number of hydrogen-bond acceptors (Lipinski definition) is 5. The fraction of sp³-hybridized carbons (Fsp3) is 0.333. The molecular formula is C9H10ClN3S2. The van der Waals surface area contributed by atoms with E-state index in [-0.39, 0.29) is 0 Å². The van der Waals surface area contributed by atoms with Crippen LogP contribution in [0.15, 0.2) is 17.5 Å². The third-order valence-corrected chi connectivity index (χ3v) is 3.78. The molecule has 2 aromatic rings. The molecule has 2 aromatic heterocycles. The lowest BCUT2D eigenvalue weighted by molar-refractivity contribution is 0.318. The molecule has 6 heteroatoms. The lowest BCUT2D eigenvalue weighted by atomic mass is 10.4. The van der Waals surface area contributed by atoms with Crippen LogP contribution in [-0.2, 0) is 13.1 Å². The Morgan fingerprint density at radius 3 is 2.93 bits per heavy atom. The van der Waals surface area contributed by atoms with Crippen molar-refractivity contribution in [3.8, 4) is 0 Å². The van der Waals surface area contributed by atoms with Crippen molar-refractivity contribution >= 4 is 34.5 Å². The van der Waals surface area contributed by atoms with Crippen molar-refractivity contribution in [2.45, 2.75) is 13.1 Å². The molecule has 2 rings (SSSR count). The zero-order valence-corrected chi connectivity index (χ0v) is 10.6. The fourth-order valence-electron chi connectivity index (χ4n) is 1.27. The van der Waals surface area contributed by atoms with Crippen molar-refractivity contribution < 1.29 is 0 Å². The first kappa shape index (κ1) is 11.0. The molecule has 0 saturated heterocycles. The lowest BCUT2D eigenvalue weighted by Crippen LogP contribution is -2.16. The lowest BCUT2D eigenvalue weighted by Gasteiger charge is -2.13. The highest BCUT2D eigenvalue weighted by Crippen LogP contribution is 2.19. The first-order valence-electron chi connectivity index (χ1n) is 4.43. The molecule has 0 aliphatic heterocycles. The van der Waals surface area contributed by atoms with E-state index >= 15 is 0 Å². The van der Waals surface area contributed by atoms with Crippen LogP contribution >= 0.6 is 34.5 Å². The first-order valence-corrected chi connectivity index (χ1v) is 6.46. The number of halogens is 1. The molecular weight excluding hydrogens is 250 g/mol. The summed E-state index contributed by atoms with van der Waals surface area (Å²) in [5.41, 5.74) is 0.862. The first-order chi connectivity index (χ1) is 7.25. The van der Waals surface area contributed by atoms with Gasteiger partial charge in [-0.2, -0.15) is 0 Å². The molecule has 15 heavy (non-hydrogen) atoms. The van der Waals surface area contributed by atoms with E-state index in [1.54, 1.807) is 11.3 Å². The molecule has 80 valence electrons. The largest absolute Gasteiger partial charge is 0.295 e. The van der Waals surface area contributed by atoms with Crippen molar-refractivity contribution in [2.75, 3.05) is 7.05 Å². The average molecular weight is 260 g/mol. The van der Waals surface area contributed by atoms with Crippen LogP contribution in [0.3, 0.4) is 0 Å². The molecule has 0 aromatic carbocycles. The Balaban J connectivity index is 1.93. The van der Waals surface area contributed by atoms with E-state index in [9.17, 15) is 0 Å². The van der Waals surface area contributed by atoms with Crippen LogP contribution in [0, 0.1) is 0 Å². The second kappa shape index (κ2) is 5.03. The van der Waals surface area contributed by atoms with Gasteiger partial charge in [-0.15, -0.1) is 16.4 Å². The van der Waals surface area contributed by atoms with E-state index in [1.165, 1.54) is 16.4 Å². The van der Waals surface area contributed by atoms with Crippen LogP contribution in [0.1, 0.15) is 10.6 Å². The van der Waals surface area contributed by atoms with Crippen molar-refractivity contribution in [1.82, 2.24) is 14.5 Å². The maximum Gasteiger partial charge on any atom is 0.138 e. The highest BCUT2D eigenvalue weighted by atomic mass is 35.5. The Kier molecular flexibility index (Phi) is 3.69. The van der Waals surface area contributed by atoms with E-state index in [2.05, 4.69) is 39.0 Å². The summed E-state index contributed by atoms with van der Waals surface area (Å²) < 4.78 is 4.50. The minimum atomic E-state index is 0.688. The Bertz CT molecular complexity index is 413. The molecule has 0 aliphatic carbocycles. The molecule has 0 radical (unpaired) electrons. The summed E-state index contributed by atoms with van der Waals surface area (Å²) in [6.07, 6.45) is 0. The molecule has 3 nitrogen and oxygen atoms in total. The maximum atomic E-state index is 5.94. The number of nitrogens with zero attached hydrogens (tertiary/aromatic N) is 3. The molecule has 0 saturated carbocycles. The van der Waals surface area contributed by atoms with Gasteiger partial charge in [0.05, 0.1) is 0 Å². The summed E-state index contributed by atoms with van der Waals surface area (Å²) >= 11 is 8.93. The highest BCUT2D eigenvalue weighted by Gasteiger charge is 2.09. The van der Waals surface area contributed by atoms with Gasteiger partial charge in [0.1, 0.15) is 10.0 Å². The van der Waals surface area contributed by atoms with Gasteiger partial charge in [0.25, 0.3) is 0 Å². The summed E-state index contributed by atoms with van der Waals surface area (Å²) in [6, 6.07) is 4.19. The normalized spacial score (nSPS) is 11.1. The SMILES string of the molecule is CN(Cc1cccs1)Cc1nnsc1Cl. The van der Waals surface area contributed by atoms with Gasteiger partial charge < -0.3 is 0 Å². The van der Waals surface area contributed by atoms with E-state index in [0.717, 1.165) is 18.8 Å². The Morgan fingerprint density at radius 1 is 1.47 bits per heavy atom. The van der Waals surface area contributed by atoms with Gasteiger partial charge >= 0.3 is 0 Å². The average Bonchev–Trinajstić information content (AvgIpc) is 2.79. The van der Waals surface area contributed by atoms with Crippen LogP contribution in [0.2, 0.25) is 4.34 Å². The van der Waals surface area contributed by atoms with Crippen molar-refractivity contribution in [1.29, 1.82) is 0 Å². The van der Waals surface area contributed by atoms with E-state index in [4.69, 9.17) is 11.6 Å². The molecule has 0 fully saturated rings. The van der Waals surface area contributed by atoms with Crippen LogP contribution in [0.4, 0.5) is 0 Å². The van der Waals surface area contributed by atoms with Crippen LogP contribution in [0.25, 0.3) is 0 Å². The molecule has 0 spiro atoms. The van der Waals surface area contributed by atoms with Gasteiger partial charge in [0, 0.05) is 29.5 Å². The Labute approximate surface area is 101 Å². The second-order valence-corrected chi connectivity index (χ2v) is 5.63. The number of aromatic nitrogens is 2. The van der Waals surface area contributed by atoms with Gasteiger partial charge in [-0.1, -0.05) is 22.2 Å². The molecule has 0 amide bonds. The molecule has 0 atom stereocenters. The molecule has 0 aliphatic rings. The highest BCUT2D eigenvalue weighted by molar-refractivity contribution is 7.10. The Morgan fingerprint density at radius 2 is 2.33 bits per heavy atom. The van der Waals surface area contributed by atoms with E-state index < -0.39 is 0 Å². The van der Waals surface area contributed by atoms with Crippen molar-refractivity contribution in [3.05, 3.63) is 32.4 Å². The molecule has 2 heterocycles. The summed E-state index contributed by atoms with van der Waals surface area (Å²) in [7, 11) is 2.05. The zero-order valence-electron chi connectivity index (χ0n) is 8.18. The maximum absolute atomic E-state index is 5.94. The van der Waals surface area contributed by atoms with Gasteiger partial charge in [-0.05, 0) is 18.5 Å². The summed E-state index contributed by atoms with van der Waals surface area (Å²) in [5.74, 6) is 0. The molecule has 0 bridgehead atoms. The molecule has 0 N–H and O–H groups in total. The van der Waals surface area contributed by atoms with Crippen molar-refractivity contribution in [2.24, 2.45) is 0 Å². The number of rotatable bonds is 4. The van der Waals surface area contributed by atoms with Gasteiger partial charge in [-0.25, -0.2) is 0 Å². The predicted octanol–water partition coefficient (Wildman–Crippen LogP) is 2.89. The summed E-state index contributed by atoms with van der Waals surface area (Å²) in [5, 5.41) is 6.07. The van der Waals surface area contributed by atoms with E-state index in [0.29, 0.717) is 4.34 Å². The van der Waals surface area contributed by atoms with Gasteiger partial charge in [0.2, 0.25) is 0 Å². The van der Waals surface area contributed by atoms with Gasteiger partial charge in [-0.3, -0.25) is 4.90 Å². The zero-order chi connectivity index (χ0) is 10.7. The third-order valence-electron chi connectivity index (χ3n) is 1.93. The summed E-state index contributed by atoms with van der Waals surface area (Å²) in [6.45, 7) is 1.67. The minimum Gasteiger partial charge on any atom is -0.295 e. The quantitative estimate of drug-likeness (QED) is 0.846. The number of hydrogen-bond donors (Lipinski definition) is 0. The van der Waals surface area contributed by atoms with Crippen LogP contribution < -0.4 is 0 Å². The minimum absolute atomic E-state index is 0.688. The van der Waals surface area contributed by atoms with E-state index in [1.807, 2.05) is 0 Å². The topological polar surface area (TPSA) is 29.0 Å². The third kappa shape index (κ3) is 2.98. The van der Waals surface area contributed by atoms with Crippen LogP contribution in [0.5, 0.6) is 0 Å². The van der Waals surface area contributed by atoms with Crippen LogP contribution in [-0.4, -0.2) is 21.5 Å². The monoisotopic (exact) mass is 259 g/mol. The Hall–Kier alpha value is -0.490. The van der Waals surface area contributed by atoms with Crippen molar-refractivity contribution in [3.63, 3.8) is 0 Å². The standard InChI is InChI=1S/C9H10ClN3S2/c1-13(5-7-3-2-4-14-7)6-8-9(10)15-12-11-8/h2-4H,5-6H2,1H3. The second-order valence-electron chi connectivity index (χ2n) is 3.24. The fourth-order valence-corrected chi connectivity index (χ4v) is 2.67. The predicted molar refractivity (Wildman–Crippen MR) is 64.4 cm³/mol. The van der Waals surface area contributed by atoms with Gasteiger partial charge in [0.15, 0.2) is 0 Å². The molecule has 0 unspecified atom stereocenters. The number of thiophene rings is 1. The smallest absolute Gasteiger partial charge is 0.138 e. The summed E-state index contributed by atoms with van der Waals surface area (Å²) in [4.78, 5) is 3.52.